The Morgan fingerprint density at radius 3 is 2.81 bits per heavy atom. The van der Waals surface area contributed by atoms with Crippen LogP contribution in [0.25, 0.3) is 0 Å². The van der Waals surface area contributed by atoms with Crippen molar-refractivity contribution in [2.45, 2.75) is 43.4 Å². The summed E-state index contributed by atoms with van der Waals surface area (Å²) in [4.78, 5) is 0.489. The average molecular weight is 372 g/mol. The molecule has 1 saturated heterocycles. The van der Waals surface area contributed by atoms with Gasteiger partial charge in [0.05, 0.1) is 4.90 Å². The predicted molar refractivity (Wildman–Crippen MR) is 88.4 cm³/mol. The third-order valence-electron chi connectivity index (χ3n) is 4.71. The van der Waals surface area contributed by atoms with E-state index in [2.05, 4.69) is 15.9 Å². The standard InChI is InChI=1S/C16H22BrNO2S/c17-9-8-13-3-2-10-18(12-13)21(19,20)16-7-6-14-4-1-5-15(14)11-16/h6-7,11,13H,1-5,8-10,12H2. The number of hydrogen-bond donors (Lipinski definition) is 0. The van der Waals surface area contributed by atoms with Crippen molar-refractivity contribution in [2.24, 2.45) is 5.92 Å². The number of rotatable bonds is 4. The lowest BCUT2D eigenvalue weighted by atomic mass is 9.97. The normalized spacial score (nSPS) is 23.2. The molecule has 116 valence electrons. The van der Waals surface area contributed by atoms with E-state index in [4.69, 9.17) is 0 Å². The maximum Gasteiger partial charge on any atom is 0.243 e. The molecule has 0 aromatic heterocycles. The van der Waals surface area contributed by atoms with Gasteiger partial charge in [-0.05, 0) is 67.7 Å². The third-order valence-corrected chi connectivity index (χ3v) is 7.03. The molecule has 21 heavy (non-hydrogen) atoms. The maximum absolute atomic E-state index is 12.9. The summed E-state index contributed by atoms with van der Waals surface area (Å²) in [5.41, 5.74) is 2.55. The highest BCUT2D eigenvalue weighted by Gasteiger charge is 2.30. The minimum Gasteiger partial charge on any atom is -0.207 e. The largest absolute Gasteiger partial charge is 0.243 e. The van der Waals surface area contributed by atoms with Crippen molar-refractivity contribution >= 4 is 26.0 Å². The smallest absolute Gasteiger partial charge is 0.207 e. The number of hydrogen-bond acceptors (Lipinski definition) is 2. The number of aryl methyl sites for hydroxylation is 2. The van der Waals surface area contributed by atoms with E-state index in [-0.39, 0.29) is 0 Å². The number of benzene rings is 1. The van der Waals surface area contributed by atoms with Crippen molar-refractivity contribution in [2.75, 3.05) is 18.4 Å². The predicted octanol–water partition coefficient (Wildman–Crippen LogP) is 3.36. The van der Waals surface area contributed by atoms with Crippen molar-refractivity contribution in [3.63, 3.8) is 0 Å². The zero-order valence-corrected chi connectivity index (χ0v) is 14.6. The fraction of sp³-hybridized carbons (Fsp3) is 0.625. The van der Waals surface area contributed by atoms with Crippen LogP contribution in [0.2, 0.25) is 0 Å². The minimum absolute atomic E-state index is 0.488. The van der Waals surface area contributed by atoms with E-state index in [1.807, 2.05) is 12.1 Å². The molecule has 1 aliphatic heterocycles. The van der Waals surface area contributed by atoms with Gasteiger partial charge in [-0.2, -0.15) is 4.31 Å². The molecular formula is C16H22BrNO2S. The summed E-state index contributed by atoms with van der Waals surface area (Å²) in [6.45, 7) is 1.34. The quantitative estimate of drug-likeness (QED) is 0.760. The van der Waals surface area contributed by atoms with Crippen LogP contribution in [0.1, 0.15) is 36.8 Å². The fourth-order valence-corrected chi connectivity index (χ4v) is 5.75. The lowest BCUT2D eigenvalue weighted by molar-refractivity contribution is 0.263. The van der Waals surface area contributed by atoms with E-state index in [1.54, 1.807) is 10.4 Å². The van der Waals surface area contributed by atoms with Gasteiger partial charge < -0.3 is 0 Å². The molecule has 3 rings (SSSR count). The Morgan fingerprint density at radius 2 is 2.00 bits per heavy atom. The van der Waals surface area contributed by atoms with Crippen LogP contribution >= 0.6 is 15.9 Å². The first-order valence-corrected chi connectivity index (χ1v) is 10.4. The summed E-state index contributed by atoms with van der Waals surface area (Å²) in [6.07, 6.45) is 6.42. The Morgan fingerprint density at radius 1 is 1.19 bits per heavy atom. The Hall–Kier alpha value is -0.390. The molecule has 1 unspecified atom stereocenters. The molecule has 1 fully saturated rings. The molecule has 1 aromatic carbocycles. The van der Waals surface area contributed by atoms with Crippen LogP contribution in [0.3, 0.4) is 0 Å². The number of halogens is 1. The van der Waals surface area contributed by atoms with E-state index in [9.17, 15) is 8.42 Å². The summed E-state index contributed by atoms with van der Waals surface area (Å²) in [5, 5.41) is 0.949. The first-order valence-electron chi connectivity index (χ1n) is 7.79. The molecule has 0 bridgehead atoms. The molecule has 0 spiro atoms. The highest BCUT2D eigenvalue weighted by Crippen LogP contribution is 2.29. The van der Waals surface area contributed by atoms with Crippen LogP contribution in [0, 0.1) is 5.92 Å². The molecular weight excluding hydrogens is 350 g/mol. The Bertz CT molecular complexity index is 613. The average Bonchev–Trinajstić information content (AvgIpc) is 2.95. The van der Waals surface area contributed by atoms with E-state index in [0.717, 1.165) is 43.9 Å². The Balaban J connectivity index is 1.83. The second-order valence-electron chi connectivity index (χ2n) is 6.13. The molecule has 0 saturated carbocycles. The number of alkyl halides is 1. The van der Waals surface area contributed by atoms with E-state index in [0.29, 0.717) is 23.9 Å². The van der Waals surface area contributed by atoms with Gasteiger partial charge in [0.1, 0.15) is 0 Å². The fourth-order valence-electron chi connectivity index (χ4n) is 3.49. The van der Waals surface area contributed by atoms with Crippen LogP contribution in [-0.4, -0.2) is 31.1 Å². The van der Waals surface area contributed by atoms with Crippen LogP contribution in [0.5, 0.6) is 0 Å². The van der Waals surface area contributed by atoms with Crippen LogP contribution in [0.4, 0.5) is 0 Å². The zero-order chi connectivity index (χ0) is 14.9. The lowest BCUT2D eigenvalue weighted by Gasteiger charge is -2.31. The topological polar surface area (TPSA) is 37.4 Å². The summed E-state index contributed by atoms with van der Waals surface area (Å²) in [5.74, 6) is 0.488. The molecule has 1 atom stereocenters. The first-order chi connectivity index (χ1) is 10.1. The van der Waals surface area contributed by atoms with Crippen molar-refractivity contribution in [3.05, 3.63) is 29.3 Å². The van der Waals surface area contributed by atoms with Gasteiger partial charge in [0.25, 0.3) is 0 Å². The van der Waals surface area contributed by atoms with Gasteiger partial charge in [0.15, 0.2) is 0 Å². The van der Waals surface area contributed by atoms with Crippen LogP contribution < -0.4 is 0 Å². The summed E-state index contributed by atoms with van der Waals surface area (Å²) in [6, 6.07) is 5.72. The van der Waals surface area contributed by atoms with Gasteiger partial charge in [-0.3, -0.25) is 0 Å². The summed E-state index contributed by atoms with van der Waals surface area (Å²) < 4.78 is 27.4. The maximum atomic E-state index is 12.9. The zero-order valence-electron chi connectivity index (χ0n) is 12.2. The van der Waals surface area contributed by atoms with Crippen molar-refractivity contribution in [1.82, 2.24) is 4.31 Å². The third kappa shape index (κ3) is 3.20. The molecule has 1 aliphatic carbocycles. The lowest BCUT2D eigenvalue weighted by Crippen LogP contribution is -2.40. The van der Waals surface area contributed by atoms with Crippen LogP contribution in [0.15, 0.2) is 23.1 Å². The molecule has 0 N–H and O–H groups in total. The Kier molecular flexibility index (Phi) is 4.71. The monoisotopic (exact) mass is 371 g/mol. The van der Waals surface area contributed by atoms with Crippen molar-refractivity contribution in [3.8, 4) is 0 Å². The number of sulfonamides is 1. The number of piperidine rings is 1. The highest BCUT2D eigenvalue weighted by atomic mass is 79.9. The van der Waals surface area contributed by atoms with Gasteiger partial charge in [-0.1, -0.05) is 22.0 Å². The first kappa shape index (κ1) is 15.5. The van der Waals surface area contributed by atoms with Gasteiger partial charge in [0.2, 0.25) is 10.0 Å². The SMILES string of the molecule is O=S(=O)(c1ccc2c(c1)CCC2)N1CCCC(CCBr)C1. The molecule has 1 aromatic rings. The van der Waals surface area contributed by atoms with Crippen LogP contribution in [-0.2, 0) is 22.9 Å². The van der Waals surface area contributed by atoms with Gasteiger partial charge in [-0.15, -0.1) is 0 Å². The molecule has 2 aliphatic rings. The van der Waals surface area contributed by atoms with Crippen molar-refractivity contribution < 1.29 is 8.42 Å². The molecule has 0 amide bonds. The highest BCUT2D eigenvalue weighted by molar-refractivity contribution is 9.09. The van der Waals surface area contributed by atoms with Gasteiger partial charge >= 0.3 is 0 Å². The summed E-state index contributed by atoms with van der Waals surface area (Å²) in [7, 11) is -3.32. The molecule has 1 heterocycles. The molecule has 5 heteroatoms. The summed E-state index contributed by atoms with van der Waals surface area (Å²) >= 11 is 3.47. The molecule has 0 radical (unpaired) electrons. The van der Waals surface area contributed by atoms with Gasteiger partial charge in [-0.25, -0.2) is 8.42 Å². The van der Waals surface area contributed by atoms with Gasteiger partial charge in [0, 0.05) is 18.4 Å². The number of fused-ring (bicyclic) bond motifs is 1. The van der Waals surface area contributed by atoms with Crippen molar-refractivity contribution in [1.29, 1.82) is 0 Å². The number of nitrogens with zero attached hydrogens (tertiary/aromatic N) is 1. The molecule has 3 nitrogen and oxygen atoms in total. The van der Waals surface area contributed by atoms with E-state index in [1.165, 1.54) is 11.1 Å². The minimum atomic E-state index is -3.32. The second kappa shape index (κ2) is 6.39. The van der Waals surface area contributed by atoms with E-state index < -0.39 is 10.0 Å². The van der Waals surface area contributed by atoms with E-state index >= 15 is 0 Å². The second-order valence-corrected chi connectivity index (χ2v) is 8.86. The Labute approximate surface area is 135 Å².